The van der Waals surface area contributed by atoms with Gasteiger partial charge in [0.2, 0.25) is 0 Å². The molecule has 3 aromatic carbocycles. The number of benzene rings is 3. The topological polar surface area (TPSA) is 78.8 Å². The first-order valence-corrected chi connectivity index (χ1v) is 10.4. The lowest BCUT2D eigenvalue weighted by Gasteiger charge is -2.12. The number of phenols is 1. The van der Waals surface area contributed by atoms with E-state index in [0.717, 1.165) is 5.56 Å². The molecular weight excluding hydrogens is 419 g/mol. The quantitative estimate of drug-likeness (QED) is 0.515. The van der Waals surface area contributed by atoms with Crippen molar-refractivity contribution in [3.8, 4) is 5.75 Å². The van der Waals surface area contributed by atoms with Crippen LogP contribution in [0.25, 0.3) is 0 Å². The van der Waals surface area contributed by atoms with Crippen LogP contribution in [-0.2, 0) is 10.0 Å². The average molecular weight is 435 g/mol. The van der Waals surface area contributed by atoms with Gasteiger partial charge in [-0.1, -0.05) is 53.0 Å². The minimum atomic E-state index is -3.84. The summed E-state index contributed by atoms with van der Waals surface area (Å²) >= 11 is 12.1. The second kappa shape index (κ2) is 8.22. The average Bonchev–Trinajstić information content (AvgIpc) is 2.66. The van der Waals surface area contributed by atoms with Crippen molar-refractivity contribution in [2.45, 2.75) is 11.8 Å². The predicted molar refractivity (Wildman–Crippen MR) is 114 cm³/mol. The summed E-state index contributed by atoms with van der Waals surface area (Å²) in [5.74, 6) is 0.0563. The molecule has 3 aromatic rings. The second-order valence-corrected chi connectivity index (χ2v) is 8.52. The lowest BCUT2D eigenvalue weighted by atomic mass is 10.1. The van der Waals surface area contributed by atoms with Gasteiger partial charge in [0.05, 0.1) is 26.3 Å². The molecule has 0 atom stereocenters. The number of rotatable bonds is 5. The van der Waals surface area contributed by atoms with Crippen molar-refractivity contribution >= 4 is 50.8 Å². The van der Waals surface area contributed by atoms with Crippen LogP contribution in [0, 0.1) is 6.92 Å². The molecule has 0 aromatic heterocycles. The molecule has 2 N–H and O–H groups in total. The summed E-state index contributed by atoms with van der Waals surface area (Å²) in [5, 5.41) is 10.4. The van der Waals surface area contributed by atoms with E-state index in [9.17, 15) is 13.5 Å². The number of nitrogens with one attached hydrogen (secondary N) is 1. The fourth-order valence-electron chi connectivity index (χ4n) is 2.44. The molecule has 0 amide bonds. The lowest BCUT2D eigenvalue weighted by Crippen LogP contribution is -2.13. The third-order valence-electron chi connectivity index (χ3n) is 3.86. The Morgan fingerprint density at radius 1 is 1.00 bits per heavy atom. The summed E-state index contributed by atoms with van der Waals surface area (Å²) in [6, 6.07) is 15.9. The fraction of sp³-hybridized carbons (Fsp3) is 0.0500. The first-order valence-electron chi connectivity index (χ1n) is 8.17. The number of anilines is 1. The summed E-state index contributed by atoms with van der Waals surface area (Å²) in [6.45, 7) is 1.88. The predicted octanol–water partition coefficient (Wildman–Crippen LogP) is 5.56. The van der Waals surface area contributed by atoms with Crippen LogP contribution in [0.15, 0.2) is 70.6 Å². The van der Waals surface area contributed by atoms with E-state index >= 15 is 0 Å². The lowest BCUT2D eigenvalue weighted by molar-refractivity contribution is 0.474. The summed E-state index contributed by atoms with van der Waals surface area (Å²) < 4.78 is 27.8. The molecule has 0 spiro atoms. The molecule has 5 nitrogen and oxygen atoms in total. The normalized spacial score (nSPS) is 11.7. The number of halogens is 2. The van der Waals surface area contributed by atoms with Gasteiger partial charge >= 0.3 is 0 Å². The molecule has 0 saturated heterocycles. The monoisotopic (exact) mass is 434 g/mol. The van der Waals surface area contributed by atoms with Gasteiger partial charge in [-0.25, -0.2) is 8.42 Å². The Morgan fingerprint density at radius 2 is 1.68 bits per heavy atom. The molecule has 0 aliphatic rings. The van der Waals surface area contributed by atoms with Crippen molar-refractivity contribution in [2.24, 2.45) is 4.99 Å². The van der Waals surface area contributed by atoms with Gasteiger partial charge in [-0.15, -0.1) is 0 Å². The largest absolute Gasteiger partial charge is 0.507 e. The van der Waals surface area contributed by atoms with Gasteiger partial charge in [-0.05, 0) is 43.3 Å². The number of nitrogens with zero attached hydrogens (tertiary/aromatic N) is 1. The zero-order chi connectivity index (χ0) is 20.3. The molecule has 0 fully saturated rings. The van der Waals surface area contributed by atoms with Crippen molar-refractivity contribution in [1.29, 1.82) is 0 Å². The van der Waals surface area contributed by atoms with Crippen molar-refractivity contribution in [2.75, 3.05) is 4.72 Å². The Balaban J connectivity index is 2.02. The number of aromatic hydroxyl groups is 1. The molecule has 0 aliphatic carbocycles. The maximum absolute atomic E-state index is 12.6. The van der Waals surface area contributed by atoms with Crippen LogP contribution >= 0.6 is 23.2 Å². The Hall–Kier alpha value is -2.54. The Bertz CT molecular complexity index is 1150. The van der Waals surface area contributed by atoms with Gasteiger partial charge in [-0.3, -0.25) is 9.71 Å². The van der Waals surface area contributed by atoms with E-state index in [1.165, 1.54) is 30.5 Å². The van der Waals surface area contributed by atoms with Crippen LogP contribution in [0.4, 0.5) is 11.4 Å². The second-order valence-electron chi connectivity index (χ2n) is 6.02. The minimum Gasteiger partial charge on any atom is -0.507 e. The highest BCUT2D eigenvalue weighted by Crippen LogP contribution is 2.36. The Kier molecular flexibility index (Phi) is 5.93. The van der Waals surface area contributed by atoms with Crippen molar-refractivity contribution in [3.05, 3.63) is 81.8 Å². The SMILES string of the molecule is Cc1ccc(O)c(/C=N/c2cc(Cl)c(Cl)cc2NS(=O)(=O)c2ccccc2)c1. The smallest absolute Gasteiger partial charge is 0.261 e. The third kappa shape index (κ3) is 4.65. The highest BCUT2D eigenvalue weighted by atomic mass is 35.5. The van der Waals surface area contributed by atoms with Gasteiger partial charge in [0.1, 0.15) is 5.75 Å². The standard InChI is InChI=1S/C20H16Cl2N2O3S/c1-13-7-8-20(25)14(9-13)12-23-18-10-16(21)17(22)11-19(18)24-28(26,27)15-5-3-2-4-6-15/h2-12,24-25H,1H3/b23-12+. The fourth-order valence-corrected chi connectivity index (χ4v) is 3.85. The van der Waals surface area contributed by atoms with Crippen LogP contribution in [0.1, 0.15) is 11.1 Å². The molecule has 0 saturated carbocycles. The van der Waals surface area contributed by atoms with Crippen molar-refractivity contribution in [1.82, 2.24) is 0 Å². The van der Waals surface area contributed by atoms with E-state index in [2.05, 4.69) is 9.71 Å². The third-order valence-corrected chi connectivity index (χ3v) is 5.97. The zero-order valence-electron chi connectivity index (χ0n) is 14.7. The first-order chi connectivity index (χ1) is 13.3. The molecule has 28 heavy (non-hydrogen) atoms. The van der Waals surface area contributed by atoms with Gasteiger partial charge < -0.3 is 5.11 Å². The zero-order valence-corrected chi connectivity index (χ0v) is 17.1. The van der Waals surface area contributed by atoms with Gasteiger partial charge in [0.25, 0.3) is 10.0 Å². The van der Waals surface area contributed by atoms with Crippen molar-refractivity contribution < 1.29 is 13.5 Å². The number of aryl methyl sites for hydroxylation is 1. The highest BCUT2D eigenvalue weighted by molar-refractivity contribution is 7.92. The van der Waals surface area contributed by atoms with E-state index in [-0.39, 0.29) is 32.1 Å². The summed E-state index contributed by atoms with van der Waals surface area (Å²) in [7, 11) is -3.84. The molecule has 0 heterocycles. The van der Waals surface area contributed by atoms with E-state index < -0.39 is 10.0 Å². The van der Waals surface area contributed by atoms with Crippen LogP contribution in [-0.4, -0.2) is 19.7 Å². The number of sulfonamides is 1. The number of phenolic OH excluding ortho intramolecular Hbond substituents is 1. The van der Waals surface area contributed by atoms with Crippen LogP contribution < -0.4 is 4.72 Å². The van der Waals surface area contributed by atoms with E-state index in [1.54, 1.807) is 36.4 Å². The molecule has 0 unspecified atom stereocenters. The molecule has 0 aliphatic heterocycles. The van der Waals surface area contributed by atoms with E-state index in [4.69, 9.17) is 23.2 Å². The molecule has 0 radical (unpaired) electrons. The highest BCUT2D eigenvalue weighted by Gasteiger charge is 2.17. The molecular formula is C20H16Cl2N2O3S. The summed E-state index contributed by atoms with van der Waals surface area (Å²) in [4.78, 5) is 4.41. The van der Waals surface area contributed by atoms with Crippen LogP contribution in [0.2, 0.25) is 10.0 Å². The molecule has 3 rings (SSSR count). The van der Waals surface area contributed by atoms with Crippen LogP contribution in [0.3, 0.4) is 0 Å². The van der Waals surface area contributed by atoms with Gasteiger partial charge in [0.15, 0.2) is 0 Å². The maximum Gasteiger partial charge on any atom is 0.261 e. The van der Waals surface area contributed by atoms with Crippen LogP contribution in [0.5, 0.6) is 5.75 Å². The Labute approximate surface area is 173 Å². The maximum atomic E-state index is 12.6. The molecule has 8 heteroatoms. The minimum absolute atomic E-state index is 0.0563. The van der Waals surface area contributed by atoms with E-state index in [1.807, 2.05) is 6.92 Å². The summed E-state index contributed by atoms with van der Waals surface area (Å²) in [6.07, 6.45) is 1.43. The Morgan fingerprint density at radius 3 is 2.39 bits per heavy atom. The summed E-state index contributed by atoms with van der Waals surface area (Å²) in [5.41, 5.74) is 1.86. The van der Waals surface area contributed by atoms with Gasteiger partial charge in [0, 0.05) is 11.8 Å². The number of aliphatic imine (C=N–C) groups is 1. The van der Waals surface area contributed by atoms with E-state index in [0.29, 0.717) is 5.56 Å². The number of hydrogen-bond acceptors (Lipinski definition) is 4. The van der Waals surface area contributed by atoms with Crippen molar-refractivity contribution in [3.63, 3.8) is 0 Å². The van der Waals surface area contributed by atoms with Gasteiger partial charge in [-0.2, -0.15) is 0 Å². The number of hydrogen-bond donors (Lipinski definition) is 2. The molecule has 0 bridgehead atoms. The first kappa shape index (κ1) is 20.2. The molecule has 144 valence electrons.